The summed E-state index contributed by atoms with van der Waals surface area (Å²) in [5.41, 5.74) is 5.55. The molecule has 0 aromatic heterocycles. The predicted octanol–water partition coefficient (Wildman–Crippen LogP) is -8.50. The summed E-state index contributed by atoms with van der Waals surface area (Å²) in [5, 5.41) is 85.1. The highest BCUT2D eigenvalue weighted by atomic mass is 16.4. The normalized spacial score (nSPS) is 14.9. The van der Waals surface area contributed by atoms with Gasteiger partial charge in [-0.1, -0.05) is 32.4 Å². The van der Waals surface area contributed by atoms with Crippen molar-refractivity contribution in [3.8, 4) is 5.75 Å². The molecule has 0 aliphatic rings. The van der Waals surface area contributed by atoms with Gasteiger partial charge < -0.3 is 84.0 Å². The minimum Gasteiger partial charge on any atom is -0.508 e. The zero-order valence-electron chi connectivity index (χ0n) is 32.2. The van der Waals surface area contributed by atoms with Crippen LogP contribution in [0.25, 0.3) is 0 Å². The van der Waals surface area contributed by atoms with Crippen molar-refractivity contribution in [1.82, 2.24) is 42.5 Å². The number of hydrogen-bond acceptors (Lipinski definition) is 16. The standard InChI is InChI=1S/C34H53N9O16/c1-3-16(2)27(43-32(56)20(11-44)37-26(51)10-36-25(50)9-35)33(57)42-24(15-48)31(55)41-23(14-47)30(54)40-22(13-46)29(53)39-21(12-45)28(52)38-19(34(58)59)8-17-4-6-18(49)7-5-17/h4-7,16,19-24,27,44-49H,3,8-15,35H2,1-2H3,(H,36,50)(H,37,51)(H,38,52)(H,39,53)(H,40,54)(H,41,55)(H,42,57)(H,43,56)(H,58,59)/t16-,19-,20-,21-,22-,23-,24-,27-/m0/s1. The second kappa shape index (κ2) is 26.1. The number of nitrogens with two attached hydrogens (primary N) is 1. The first-order valence-electron chi connectivity index (χ1n) is 18.0. The maximum absolute atomic E-state index is 13.3. The van der Waals surface area contributed by atoms with Crippen LogP contribution in [0.3, 0.4) is 0 Å². The second-order valence-corrected chi connectivity index (χ2v) is 12.9. The molecule has 0 bridgehead atoms. The predicted molar refractivity (Wildman–Crippen MR) is 200 cm³/mol. The molecule has 0 aliphatic heterocycles. The smallest absolute Gasteiger partial charge is 0.326 e. The van der Waals surface area contributed by atoms with Gasteiger partial charge in [0.25, 0.3) is 0 Å². The van der Waals surface area contributed by atoms with E-state index in [4.69, 9.17) is 5.73 Å². The number of phenolic OH excluding ortho intramolecular Hbond substituents is 1. The molecular weight excluding hydrogens is 790 g/mol. The number of carbonyl (C=O) groups excluding carboxylic acids is 8. The fraction of sp³-hybridized carbons (Fsp3) is 0.559. The summed E-state index contributed by atoms with van der Waals surface area (Å²) in [4.78, 5) is 113. The molecular formula is C34H53N9O16. The van der Waals surface area contributed by atoms with Gasteiger partial charge in [0.15, 0.2) is 0 Å². The maximum atomic E-state index is 13.3. The summed E-state index contributed by atoms with van der Waals surface area (Å²) in [6, 6.07) is -6.49. The van der Waals surface area contributed by atoms with E-state index in [1.165, 1.54) is 31.2 Å². The van der Waals surface area contributed by atoms with Crippen molar-refractivity contribution in [2.24, 2.45) is 11.7 Å². The van der Waals surface area contributed by atoms with Gasteiger partial charge in [0.2, 0.25) is 47.3 Å². The Balaban J connectivity index is 2.95. The van der Waals surface area contributed by atoms with Crippen LogP contribution in [-0.2, 0) is 49.6 Å². The molecule has 330 valence electrons. The van der Waals surface area contributed by atoms with Crippen molar-refractivity contribution < 1.29 is 78.9 Å². The highest BCUT2D eigenvalue weighted by molar-refractivity contribution is 5.97. The van der Waals surface area contributed by atoms with Crippen LogP contribution in [0.2, 0.25) is 0 Å². The van der Waals surface area contributed by atoms with Gasteiger partial charge in [0, 0.05) is 6.42 Å². The Morgan fingerprint density at radius 2 is 0.932 bits per heavy atom. The Morgan fingerprint density at radius 3 is 1.31 bits per heavy atom. The van der Waals surface area contributed by atoms with E-state index in [9.17, 15) is 78.9 Å². The van der Waals surface area contributed by atoms with E-state index in [0.29, 0.717) is 5.56 Å². The maximum Gasteiger partial charge on any atom is 0.326 e. The number of carbonyl (C=O) groups is 9. The third-order valence-corrected chi connectivity index (χ3v) is 8.51. The summed E-state index contributed by atoms with van der Waals surface area (Å²) in [6.45, 7) is -3.10. The lowest BCUT2D eigenvalue weighted by Crippen LogP contribution is -2.62. The molecule has 0 fully saturated rings. The number of amides is 8. The fourth-order valence-corrected chi connectivity index (χ4v) is 4.84. The number of aliphatic hydroxyl groups excluding tert-OH is 5. The molecule has 0 aliphatic carbocycles. The third kappa shape index (κ3) is 17.2. The van der Waals surface area contributed by atoms with Gasteiger partial charge in [-0.2, -0.15) is 0 Å². The molecule has 25 nitrogen and oxygen atoms in total. The van der Waals surface area contributed by atoms with Crippen LogP contribution in [0.1, 0.15) is 25.8 Å². The van der Waals surface area contributed by atoms with Crippen molar-refractivity contribution >= 4 is 53.2 Å². The summed E-state index contributed by atoms with van der Waals surface area (Å²) >= 11 is 0. The number of aliphatic hydroxyl groups is 5. The Kier molecular flexibility index (Phi) is 22.6. The Bertz CT molecular complexity index is 1620. The fourth-order valence-electron chi connectivity index (χ4n) is 4.84. The molecule has 59 heavy (non-hydrogen) atoms. The lowest BCUT2D eigenvalue weighted by Gasteiger charge is -2.28. The van der Waals surface area contributed by atoms with Crippen molar-refractivity contribution in [3.63, 3.8) is 0 Å². The Labute approximate surface area is 336 Å². The van der Waals surface area contributed by atoms with Gasteiger partial charge >= 0.3 is 5.97 Å². The molecule has 8 amide bonds. The molecule has 0 saturated heterocycles. The van der Waals surface area contributed by atoms with Crippen LogP contribution in [-0.4, -0.2) is 177 Å². The zero-order valence-corrected chi connectivity index (χ0v) is 32.2. The largest absolute Gasteiger partial charge is 0.508 e. The number of benzene rings is 1. The second-order valence-electron chi connectivity index (χ2n) is 12.9. The molecule has 0 heterocycles. The van der Waals surface area contributed by atoms with Gasteiger partial charge in [0.05, 0.1) is 46.1 Å². The number of aliphatic carboxylic acids is 1. The molecule has 1 aromatic carbocycles. The van der Waals surface area contributed by atoms with E-state index < -0.39 is 148 Å². The highest BCUT2D eigenvalue weighted by Crippen LogP contribution is 2.12. The molecule has 0 radical (unpaired) electrons. The topological polar surface area (TPSA) is 417 Å². The van der Waals surface area contributed by atoms with E-state index in [1.807, 2.05) is 16.0 Å². The van der Waals surface area contributed by atoms with Crippen LogP contribution in [0.4, 0.5) is 0 Å². The van der Waals surface area contributed by atoms with Gasteiger partial charge in [-0.3, -0.25) is 38.4 Å². The van der Waals surface area contributed by atoms with E-state index in [-0.39, 0.29) is 18.6 Å². The van der Waals surface area contributed by atoms with Crippen LogP contribution < -0.4 is 48.3 Å². The number of nitrogens with one attached hydrogen (secondary N) is 8. The van der Waals surface area contributed by atoms with Gasteiger partial charge in [-0.05, 0) is 23.6 Å². The molecule has 1 rings (SSSR count). The molecule has 25 heteroatoms. The molecule has 8 atom stereocenters. The van der Waals surface area contributed by atoms with Crippen LogP contribution >= 0.6 is 0 Å². The molecule has 0 spiro atoms. The molecule has 1 aromatic rings. The monoisotopic (exact) mass is 843 g/mol. The number of carboxylic acids is 1. The van der Waals surface area contributed by atoms with E-state index in [1.54, 1.807) is 6.92 Å². The minimum atomic E-state index is -1.88. The Hall–Kier alpha value is -5.99. The zero-order chi connectivity index (χ0) is 44.8. The quantitative estimate of drug-likeness (QED) is 0.0412. The van der Waals surface area contributed by atoms with Crippen molar-refractivity contribution in [2.75, 3.05) is 46.1 Å². The van der Waals surface area contributed by atoms with E-state index in [2.05, 4.69) is 26.6 Å². The average Bonchev–Trinajstić information content (AvgIpc) is 3.22. The summed E-state index contributed by atoms with van der Waals surface area (Å²) in [7, 11) is 0. The molecule has 0 saturated carbocycles. The number of aromatic hydroxyl groups is 1. The number of hydrogen-bond donors (Lipinski definition) is 16. The molecule has 17 N–H and O–H groups in total. The van der Waals surface area contributed by atoms with Crippen LogP contribution in [0, 0.1) is 5.92 Å². The first-order valence-corrected chi connectivity index (χ1v) is 18.0. The van der Waals surface area contributed by atoms with Crippen molar-refractivity contribution in [2.45, 2.75) is 69.0 Å². The van der Waals surface area contributed by atoms with E-state index >= 15 is 0 Å². The van der Waals surface area contributed by atoms with Crippen molar-refractivity contribution in [3.05, 3.63) is 29.8 Å². The number of phenols is 1. The van der Waals surface area contributed by atoms with Gasteiger partial charge in [0.1, 0.15) is 48.0 Å². The third-order valence-electron chi connectivity index (χ3n) is 8.51. The van der Waals surface area contributed by atoms with Crippen LogP contribution in [0.15, 0.2) is 24.3 Å². The number of carboxylic acid groups (broad SMARTS) is 1. The highest BCUT2D eigenvalue weighted by Gasteiger charge is 2.35. The van der Waals surface area contributed by atoms with E-state index in [0.717, 1.165) is 0 Å². The first kappa shape index (κ1) is 51.0. The lowest BCUT2D eigenvalue weighted by atomic mass is 9.97. The lowest BCUT2D eigenvalue weighted by molar-refractivity contribution is -0.142. The summed E-state index contributed by atoms with van der Waals surface area (Å²) in [5.74, 6) is -10.7. The Morgan fingerprint density at radius 1 is 0.559 bits per heavy atom. The number of rotatable bonds is 26. The van der Waals surface area contributed by atoms with Gasteiger partial charge in [-0.25, -0.2) is 4.79 Å². The van der Waals surface area contributed by atoms with Crippen LogP contribution in [0.5, 0.6) is 5.75 Å². The summed E-state index contributed by atoms with van der Waals surface area (Å²) in [6.07, 6.45) is 0.0225. The SMILES string of the molecule is CC[C@H](C)[C@H](NC(=O)[C@H](CO)NC(=O)CNC(=O)CN)C(=O)N[C@@H](CO)C(=O)N[C@@H](CO)C(=O)N[C@@H](CO)C(=O)N[C@@H](CO)C(=O)N[C@@H](Cc1ccc(O)cc1)C(=O)O. The summed E-state index contributed by atoms with van der Waals surface area (Å²) < 4.78 is 0. The average molecular weight is 844 g/mol. The van der Waals surface area contributed by atoms with Gasteiger partial charge in [-0.15, -0.1) is 0 Å². The molecule has 0 unspecified atom stereocenters. The van der Waals surface area contributed by atoms with Crippen molar-refractivity contribution in [1.29, 1.82) is 0 Å². The minimum absolute atomic E-state index is 0.0882. The first-order chi connectivity index (χ1) is 27.9.